The summed E-state index contributed by atoms with van der Waals surface area (Å²) in [6.45, 7) is 9.43. The van der Waals surface area contributed by atoms with Crippen molar-refractivity contribution in [3.8, 4) is 0 Å². The number of nitrogens with one attached hydrogen (secondary N) is 2. The Morgan fingerprint density at radius 2 is 2.05 bits per heavy atom. The standard InChI is InChI=1S/C17H33N3O2/c1-13(2)6-8-17(3,22)12-19-16(21)18-10-14-7-9-20(11-14)15-4-5-15/h13-15,22H,4-12H2,1-3H3,(H2,18,19,21). The van der Waals surface area contributed by atoms with E-state index in [1.807, 2.05) is 0 Å². The Kier molecular flexibility index (Phi) is 6.09. The topological polar surface area (TPSA) is 64.6 Å². The number of hydrogen-bond acceptors (Lipinski definition) is 3. The molecule has 0 aromatic carbocycles. The highest BCUT2D eigenvalue weighted by molar-refractivity contribution is 5.73. The first-order valence-corrected chi connectivity index (χ1v) is 8.84. The smallest absolute Gasteiger partial charge is 0.314 e. The molecule has 3 N–H and O–H groups in total. The molecule has 128 valence electrons. The fourth-order valence-corrected chi connectivity index (χ4v) is 3.06. The SMILES string of the molecule is CC(C)CCC(C)(O)CNC(=O)NCC1CCN(C2CC2)C1. The highest BCUT2D eigenvalue weighted by Crippen LogP contribution is 2.31. The van der Waals surface area contributed by atoms with Gasteiger partial charge in [0.1, 0.15) is 0 Å². The van der Waals surface area contributed by atoms with Crippen LogP contribution < -0.4 is 10.6 Å². The molecular formula is C17H33N3O2. The fraction of sp³-hybridized carbons (Fsp3) is 0.941. The quantitative estimate of drug-likeness (QED) is 0.642. The molecule has 5 nitrogen and oxygen atoms in total. The lowest BCUT2D eigenvalue weighted by atomic mass is 9.95. The zero-order valence-corrected chi connectivity index (χ0v) is 14.4. The molecule has 2 aliphatic rings. The summed E-state index contributed by atoms with van der Waals surface area (Å²) in [5, 5.41) is 16.0. The van der Waals surface area contributed by atoms with Crippen LogP contribution in [0.2, 0.25) is 0 Å². The summed E-state index contributed by atoms with van der Waals surface area (Å²) in [6, 6.07) is 0.671. The van der Waals surface area contributed by atoms with Gasteiger partial charge in [0, 0.05) is 25.7 Å². The lowest BCUT2D eigenvalue weighted by molar-refractivity contribution is 0.0476. The van der Waals surface area contributed by atoms with E-state index in [9.17, 15) is 9.90 Å². The zero-order chi connectivity index (χ0) is 16.2. The van der Waals surface area contributed by atoms with Gasteiger partial charge in [-0.1, -0.05) is 13.8 Å². The van der Waals surface area contributed by atoms with Crippen molar-refractivity contribution in [2.45, 2.75) is 64.5 Å². The molecule has 0 aromatic heterocycles. The number of carbonyl (C=O) groups excluding carboxylic acids is 1. The Labute approximate surface area is 134 Å². The van der Waals surface area contributed by atoms with Crippen LogP contribution in [0.25, 0.3) is 0 Å². The van der Waals surface area contributed by atoms with E-state index in [1.165, 1.54) is 25.8 Å². The lowest BCUT2D eigenvalue weighted by Crippen LogP contribution is -2.46. The lowest BCUT2D eigenvalue weighted by Gasteiger charge is -2.24. The third-order valence-corrected chi connectivity index (χ3v) is 4.82. The molecule has 0 radical (unpaired) electrons. The second-order valence-electron chi connectivity index (χ2n) is 7.87. The Morgan fingerprint density at radius 3 is 2.68 bits per heavy atom. The second-order valence-corrected chi connectivity index (χ2v) is 7.87. The number of nitrogens with zero attached hydrogens (tertiary/aromatic N) is 1. The first kappa shape index (κ1) is 17.5. The van der Waals surface area contributed by atoms with Gasteiger partial charge in [-0.2, -0.15) is 0 Å². The van der Waals surface area contributed by atoms with Crippen LogP contribution >= 0.6 is 0 Å². The third-order valence-electron chi connectivity index (χ3n) is 4.82. The van der Waals surface area contributed by atoms with Gasteiger partial charge in [-0.25, -0.2) is 4.79 Å². The van der Waals surface area contributed by atoms with E-state index >= 15 is 0 Å². The molecule has 1 saturated carbocycles. The number of amides is 2. The minimum absolute atomic E-state index is 0.158. The highest BCUT2D eigenvalue weighted by atomic mass is 16.3. The molecule has 1 aliphatic heterocycles. The number of rotatable bonds is 8. The summed E-state index contributed by atoms with van der Waals surface area (Å²) in [4.78, 5) is 14.4. The van der Waals surface area contributed by atoms with Crippen molar-refractivity contribution in [2.24, 2.45) is 11.8 Å². The van der Waals surface area contributed by atoms with Crippen molar-refractivity contribution in [1.82, 2.24) is 15.5 Å². The predicted octanol–water partition coefficient (Wildman–Crippen LogP) is 1.96. The van der Waals surface area contributed by atoms with Crippen molar-refractivity contribution < 1.29 is 9.90 Å². The minimum Gasteiger partial charge on any atom is -0.388 e. The molecule has 1 saturated heterocycles. The van der Waals surface area contributed by atoms with Gasteiger partial charge in [-0.05, 0) is 57.4 Å². The summed E-state index contributed by atoms with van der Waals surface area (Å²) in [5.41, 5.74) is -0.822. The summed E-state index contributed by atoms with van der Waals surface area (Å²) in [7, 11) is 0. The largest absolute Gasteiger partial charge is 0.388 e. The average Bonchev–Trinajstić information content (AvgIpc) is 3.20. The van der Waals surface area contributed by atoms with Crippen LogP contribution in [0.5, 0.6) is 0 Å². The van der Waals surface area contributed by atoms with Gasteiger partial charge in [-0.3, -0.25) is 0 Å². The molecular weight excluding hydrogens is 278 g/mol. The van der Waals surface area contributed by atoms with E-state index in [4.69, 9.17) is 0 Å². The van der Waals surface area contributed by atoms with Crippen LogP contribution in [0.4, 0.5) is 4.79 Å². The van der Waals surface area contributed by atoms with Crippen molar-refractivity contribution >= 4 is 6.03 Å². The summed E-state index contributed by atoms with van der Waals surface area (Å²) in [5.74, 6) is 1.14. The van der Waals surface area contributed by atoms with Gasteiger partial charge >= 0.3 is 6.03 Å². The third kappa shape index (κ3) is 6.13. The molecule has 2 atom stereocenters. The number of likely N-dealkylation sites (tertiary alicyclic amines) is 1. The molecule has 0 spiro atoms. The van der Waals surface area contributed by atoms with Crippen LogP contribution in [0.15, 0.2) is 0 Å². The van der Waals surface area contributed by atoms with Crippen LogP contribution in [0.1, 0.15) is 52.9 Å². The Morgan fingerprint density at radius 1 is 1.32 bits per heavy atom. The summed E-state index contributed by atoms with van der Waals surface area (Å²) < 4.78 is 0. The number of carbonyl (C=O) groups is 1. The molecule has 0 bridgehead atoms. The fourth-order valence-electron chi connectivity index (χ4n) is 3.06. The van der Waals surface area contributed by atoms with Crippen molar-refractivity contribution in [3.05, 3.63) is 0 Å². The Balaban J connectivity index is 1.57. The molecule has 1 heterocycles. The van der Waals surface area contributed by atoms with Crippen molar-refractivity contribution in [3.63, 3.8) is 0 Å². The Hall–Kier alpha value is -0.810. The number of urea groups is 1. The van der Waals surface area contributed by atoms with Gasteiger partial charge in [0.2, 0.25) is 0 Å². The zero-order valence-electron chi connectivity index (χ0n) is 14.4. The van der Waals surface area contributed by atoms with Crippen LogP contribution in [0, 0.1) is 11.8 Å². The maximum atomic E-state index is 11.9. The van der Waals surface area contributed by atoms with Crippen LogP contribution in [-0.2, 0) is 0 Å². The van der Waals surface area contributed by atoms with E-state index in [2.05, 4.69) is 29.4 Å². The van der Waals surface area contributed by atoms with Gasteiger partial charge < -0.3 is 20.6 Å². The van der Waals surface area contributed by atoms with E-state index in [0.29, 0.717) is 24.8 Å². The van der Waals surface area contributed by atoms with Gasteiger partial charge in [0.25, 0.3) is 0 Å². The molecule has 2 fully saturated rings. The normalized spacial score (nSPS) is 25.2. The predicted molar refractivity (Wildman–Crippen MR) is 88.8 cm³/mol. The molecule has 1 aliphatic carbocycles. The number of aliphatic hydroxyl groups is 1. The van der Waals surface area contributed by atoms with Crippen LogP contribution in [-0.4, -0.2) is 53.9 Å². The molecule has 0 aromatic rings. The monoisotopic (exact) mass is 311 g/mol. The molecule has 2 rings (SSSR count). The van der Waals surface area contributed by atoms with E-state index < -0.39 is 5.60 Å². The first-order valence-electron chi connectivity index (χ1n) is 8.84. The number of hydrogen-bond donors (Lipinski definition) is 3. The van der Waals surface area contributed by atoms with E-state index in [-0.39, 0.29) is 6.03 Å². The van der Waals surface area contributed by atoms with E-state index in [1.54, 1.807) is 6.92 Å². The molecule has 2 unspecified atom stereocenters. The average molecular weight is 311 g/mol. The van der Waals surface area contributed by atoms with Gasteiger partial charge in [0.05, 0.1) is 5.60 Å². The maximum Gasteiger partial charge on any atom is 0.314 e. The van der Waals surface area contributed by atoms with Crippen LogP contribution in [0.3, 0.4) is 0 Å². The van der Waals surface area contributed by atoms with E-state index in [0.717, 1.165) is 25.6 Å². The van der Waals surface area contributed by atoms with Gasteiger partial charge in [0.15, 0.2) is 0 Å². The molecule has 22 heavy (non-hydrogen) atoms. The van der Waals surface area contributed by atoms with Crippen molar-refractivity contribution in [2.75, 3.05) is 26.2 Å². The molecule has 5 heteroatoms. The second kappa shape index (κ2) is 7.64. The molecule has 2 amide bonds. The maximum absolute atomic E-state index is 11.9. The minimum atomic E-state index is -0.822. The summed E-state index contributed by atoms with van der Waals surface area (Å²) >= 11 is 0. The Bertz CT molecular complexity index is 367. The first-order chi connectivity index (χ1) is 10.4. The highest BCUT2D eigenvalue weighted by Gasteiger charge is 2.34. The van der Waals surface area contributed by atoms with Gasteiger partial charge in [-0.15, -0.1) is 0 Å². The summed E-state index contributed by atoms with van der Waals surface area (Å²) in [6.07, 6.45) is 5.57. The van der Waals surface area contributed by atoms with Crippen molar-refractivity contribution in [1.29, 1.82) is 0 Å².